The Morgan fingerprint density at radius 2 is 1.86 bits per heavy atom. The fourth-order valence-corrected chi connectivity index (χ4v) is 4.38. The molecule has 3 aromatic rings. The summed E-state index contributed by atoms with van der Waals surface area (Å²) < 4.78 is 2.55. The Morgan fingerprint density at radius 3 is 2.45 bits per heavy atom. The van der Waals surface area contributed by atoms with Crippen molar-refractivity contribution in [1.82, 2.24) is 14.5 Å². The number of fused-ring (bicyclic) bond motifs is 1. The average Bonchev–Trinajstić information content (AvgIpc) is 2.98. The zero-order valence-corrected chi connectivity index (χ0v) is 19.6. The fraction of sp³-hybridized carbons (Fsp3) is 0.478. The zero-order chi connectivity index (χ0) is 21.1. The Bertz CT molecular complexity index is 1040. The molecular weight excluding hydrogens is 428 g/mol. The number of aryl methyl sites for hydroxylation is 1. The van der Waals surface area contributed by atoms with Gasteiger partial charge < -0.3 is 10.3 Å². The first-order valence-electron chi connectivity index (χ1n) is 10.5. The first-order valence-corrected chi connectivity index (χ1v) is 11.3. The molecule has 0 bridgehead atoms. The molecule has 0 saturated heterocycles. The Labute approximate surface area is 181 Å². The molecule has 0 aliphatic rings. The fourth-order valence-electron chi connectivity index (χ4n) is 3.81. The van der Waals surface area contributed by atoms with Crippen LogP contribution in [-0.2, 0) is 0 Å². The SMILES string of the molecule is CCCC(CCC)Nc1cc(C)nc2c1[nH]c(=O)n2-c1ccc(C(C)C)cc1Br. The number of hydrogen-bond donors (Lipinski definition) is 2. The monoisotopic (exact) mass is 458 g/mol. The molecule has 29 heavy (non-hydrogen) atoms. The van der Waals surface area contributed by atoms with E-state index in [0.717, 1.165) is 52.7 Å². The van der Waals surface area contributed by atoms with Crippen LogP contribution in [0.25, 0.3) is 16.9 Å². The molecule has 2 heterocycles. The predicted octanol–water partition coefficient (Wildman–Crippen LogP) is 6.29. The van der Waals surface area contributed by atoms with Crippen LogP contribution in [0.3, 0.4) is 0 Å². The number of benzene rings is 1. The molecule has 0 radical (unpaired) electrons. The number of imidazole rings is 1. The number of nitrogens with zero attached hydrogens (tertiary/aromatic N) is 2. The van der Waals surface area contributed by atoms with Crippen LogP contribution in [0.15, 0.2) is 33.5 Å². The lowest BCUT2D eigenvalue weighted by Crippen LogP contribution is -2.19. The molecule has 3 rings (SSSR count). The normalized spacial score (nSPS) is 11.7. The summed E-state index contributed by atoms with van der Waals surface area (Å²) in [6.07, 6.45) is 4.45. The minimum Gasteiger partial charge on any atom is -0.380 e. The Morgan fingerprint density at radius 1 is 1.17 bits per heavy atom. The highest BCUT2D eigenvalue weighted by Crippen LogP contribution is 2.29. The molecule has 2 N–H and O–H groups in total. The molecule has 0 saturated carbocycles. The first kappa shape index (κ1) is 21.6. The highest BCUT2D eigenvalue weighted by molar-refractivity contribution is 9.10. The number of nitrogens with one attached hydrogen (secondary N) is 2. The topological polar surface area (TPSA) is 62.7 Å². The number of pyridine rings is 1. The largest absolute Gasteiger partial charge is 0.380 e. The van der Waals surface area contributed by atoms with E-state index < -0.39 is 0 Å². The summed E-state index contributed by atoms with van der Waals surface area (Å²) >= 11 is 3.66. The molecule has 0 unspecified atom stereocenters. The van der Waals surface area contributed by atoms with Crippen LogP contribution in [0.4, 0.5) is 5.69 Å². The van der Waals surface area contributed by atoms with E-state index in [1.807, 2.05) is 19.1 Å². The van der Waals surface area contributed by atoms with Crippen molar-refractivity contribution in [3.63, 3.8) is 0 Å². The van der Waals surface area contributed by atoms with Gasteiger partial charge in [0.25, 0.3) is 0 Å². The third kappa shape index (κ3) is 4.58. The number of aromatic nitrogens is 3. The second-order valence-corrected chi connectivity index (χ2v) is 8.91. The summed E-state index contributed by atoms with van der Waals surface area (Å²) in [5, 5.41) is 3.66. The summed E-state index contributed by atoms with van der Waals surface area (Å²) in [7, 11) is 0. The van der Waals surface area contributed by atoms with Crippen molar-refractivity contribution in [3.05, 3.63) is 50.5 Å². The van der Waals surface area contributed by atoms with Gasteiger partial charge in [0.1, 0.15) is 5.52 Å². The average molecular weight is 459 g/mol. The van der Waals surface area contributed by atoms with Gasteiger partial charge in [0.05, 0.1) is 11.4 Å². The number of halogens is 1. The van der Waals surface area contributed by atoms with Gasteiger partial charge in [0.15, 0.2) is 5.65 Å². The summed E-state index contributed by atoms with van der Waals surface area (Å²) in [6.45, 7) is 10.7. The Kier molecular flexibility index (Phi) is 6.83. The van der Waals surface area contributed by atoms with E-state index in [0.29, 0.717) is 17.6 Å². The van der Waals surface area contributed by atoms with E-state index in [-0.39, 0.29) is 5.69 Å². The maximum absolute atomic E-state index is 12.9. The lowest BCUT2D eigenvalue weighted by molar-refractivity contribution is 0.586. The predicted molar refractivity (Wildman–Crippen MR) is 125 cm³/mol. The van der Waals surface area contributed by atoms with Crippen molar-refractivity contribution in [2.75, 3.05) is 5.32 Å². The number of aromatic amines is 1. The van der Waals surface area contributed by atoms with Crippen LogP contribution >= 0.6 is 15.9 Å². The summed E-state index contributed by atoms with van der Waals surface area (Å²) in [5.41, 5.74) is 5.09. The van der Waals surface area contributed by atoms with Crippen LogP contribution in [0.2, 0.25) is 0 Å². The summed E-state index contributed by atoms with van der Waals surface area (Å²) in [5.74, 6) is 0.422. The third-order valence-corrected chi connectivity index (χ3v) is 5.92. The van der Waals surface area contributed by atoms with Crippen LogP contribution in [0.1, 0.15) is 70.6 Å². The van der Waals surface area contributed by atoms with Gasteiger partial charge in [0, 0.05) is 16.2 Å². The van der Waals surface area contributed by atoms with Gasteiger partial charge in [-0.1, -0.05) is 46.6 Å². The third-order valence-electron chi connectivity index (χ3n) is 5.29. The summed E-state index contributed by atoms with van der Waals surface area (Å²) in [4.78, 5) is 20.7. The molecule has 2 aromatic heterocycles. The van der Waals surface area contributed by atoms with Gasteiger partial charge in [-0.2, -0.15) is 0 Å². The first-order chi connectivity index (χ1) is 13.8. The number of hydrogen-bond acceptors (Lipinski definition) is 3. The molecule has 0 atom stereocenters. The lowest BCUT2D eigenvalue weighted by Gasteiger charge is -2.19. The number of rotatable bonds is 8. The molecule has 0 amide bonds. The molecule has 0 fully saturated rings. The number of anilines is 1. The van der Waals surface area contributed by atoms with E-state index in [2.05, 4.69) is 66.1 Å². The highest BCUT2D eigenvalue weighted by Gasteiger charge is 2.18. The van der Waals surface area contributed by atoms with Gasteiger partial charge in [0.2, 0.25) is 0 Å². The lowest BCUT2D eigenvalue weighted by atomic mass is 10.0. The quantitative estimate of drug-likeness (QED) is 0.416. The van der Waals surface area contributed by atoms with Gasteiger partial charge in [-0.3, -0.25) is 0 Å². The van der Waals surface area contributed by atoms with Crippen molar-refractivity contribution in [2.45, 2.75) is 72.3 Å². The van der Waals surface area contributed by atoms with E-state index >= 15 is 0 Å². The van der Waals surface area contributed by atoms with E-state index in [4.69, 9.17) is 4.98 Å². The Balaban J connectivity index is 2.13. The van der Waals surface area contributed by atoms with Crippen molar-refractivity contribution in [1.29, 1.82) is 0 Å². The molecular formula is C23H31BrN4O. The van der Waals surface area contributed by atoms with Crippen molar-refractivity contribution < 1.29 is 0 Å². The van der Waals surface area contributed by atoms with Crippen molar-refractivity contribution in [3.8, 4) is 5.69 Å². The second-order valence-electron chi connectivity index (χ2n) is 8.06. The molecule has 5 nitrogen and oxygen atoms in total. The van der Waals surface area contributed by atoms with Crippen LogP contribution in [0, 0.1) is 6.92 Å². The van der Waals surface area contributed by atoms with Crippen LogP contribution in [0.5, 0.6) is 0 Å². The van der Waals surface area contributed by atoms with Crippen molar-refractivity contribution in [2.24, 2.45) is 0 Å². The minimum atomic E-state index is -0.179. The molecule has 0 spiro atoms. The molecule has 0 aliphatic carbocycles. The number of H-pyrrole nitrogens is 1. The second kappa shape index (κ2) is 9.16. The molecule has 0 aliphatic heterocycles. The van der Waals surface area contributed by atoms with E-state index in [1.165, 1.54) is 5.56 Å². The van der Waals surface area contributed by atoms with Gasteiger partial charge in [-0.25, -0.2) is 14.3 Å². The zero-order valence-electron chi connectivity index (χ0n) is 18.0. The molecule has 6 heteroatoms. The standard InChI is InChI=1S/C23H31BrN4O/c1-6-8-17(9-7-2)26-19-12-15(5)25-22-21(19)27-23(29)28(22)20-11-10-16(14(3)4)13-18(20)24/h10-14,17H,6-9H2,1-5H3,(H,25,26)(H,27,29). The van der Waals surface area contributed by atoms with Crippen LogP contribution in [-0.4, -0.2) is 20.6 Å². The van der Waals surface area contributed by atoms with Crippen molar-refractivity contribution >= 4 is 32.8 Å². The maximum atomic E-state index is 12.9. The van der Waals surface area contributed by atoms with Gasteiger partial charge >= 0.3 is 5.69 Å². The Hall–Kier alpha value is -2.08. The van der Waals surface area contributed by atoms with Crippen LogP contribution < -0.4 is 11.0 Å². The summed E-state index contributed by atoms with van der Waals surface area (Å²) in [6, 6.07) is 8.56. The van der Waals surface area contributed by atoms with E-state index in [1.54, 1.807) is 4.57 Å². The maximum Gasteiger partial charge on any atom is 0.332 e. The van der Waals surface area contributed by atoms with Gasteiger partial charge in [-0.05, 0) is 65.4 Å². The molecule has 156 valence electrons. The van der Waals surface area contributed by atoms with Gasteiger partial charge in [-0.15, -0.1) is 0 Å². The minimum absolute atomic E-state index is 0.179. The van der Waals surface area contributed by atoms with E-state index in [9.17, 15) is 4.79 Å². The highest BCUT2D eigenvalue weighted by atomic mass is 79.9. The molecule has 1 aromatic carbocycles. The smallest absolute Gasteiger partial charge is 0.332 e.